The summed E-state index contributed by atoms with van der Waals surface area (Å²) >= 11 is 3.66. The molecule has 3 rings (SSSR count). The molecule has 1 unspecified atom stereocenters. The van der Waals surface area contributed by atoms with Crippen LogP contribution in [0.2, 0.25) is 0 Å². The molecule has 1 aliphatic rings. The van der Waals surface area contributed by atoms with Gasteiger partial charge in [-0.25, -0.2) is 4.98 Å². The number of aromatic nitrogens is 1. The number of piperidine rings is 1. The van der Waals surface area contributed by atoms with Crippen LogP contribution in [0.3, 0.4) is 0 Å². The minimum Gasteiger partial charge on any atom is -0.494 e. The predicted molar refractivity (Wildman–Crippen MR) is 121 cm³/mol. The van der Waals surface area contributed by atoms with E-state index in [0.717, 1.165) is 65.7 Å². The zero-order valence-electron chi connectivity index (χ0n) is 16.9. The van der Waals surface area contributed by atoms with E-state index in [1.807, 2.05) is 30.8 Å². The van der Waals surface area contributed by atoms with E-state index in [-0.39, 0.29) is 11.8 Å². The van der Waals surface area contributed by atoms with Crippen molar-refractivity contribution in [3.63, 3.8) is 0 Å². The summed E-state index contributed by atoms with van der Waals surface area (Å²) in [5, 5.41) is 4.15. The third-order valence-corrected chi connectivity index (χ3v) is 7.19. The number of fused-ring (bicyclic) bond motifs is 1. The molecule has 2 aromatic rings. The lowest BCUT2D eigenvalue weighted by Crippen LogP contribution is -2.43. The molecule has 1 aromatic carbocycles. The molecule has 28 heavy (non-hydrogen) atoms. The molecule has 1 fully saturated rings. The fourth-order valence-electron chi connectivity index (χ4n) is 3.43. The van der Waals surface area contributed by atoms with Gasteiger partial charge in [0.25, 0.3) is 0 Å². The highest BCUT2D eigenvalue weighted by Crippen LogP contribution is 2.33. The van der Waals surface area contributed by atoms with Crippen LogP contribution in [0, 0.1) is 5.92 Å². The van der Waals surface area contributed by atoms with Gasteiger partial charge in [0, 0.05) is 19.6 Å². The molecule has 0 spiro atoms. The van der Waals surface area contributed by atoms with Gasteiger partial charge in [-0.1, -0.05) is 18.3 Å². The molecule has 5 nitrogen and oxygen atoms in total. The van der Waals surface area contributed by atoms with Gasteiger partial charge < -0.3 is 15.0 Å². The topological polar surface area (TPSA) is 54.5 Å². The molecule has 0 bridgehead atoms. The molecule has 0 aliphatic carbocycles. The van der Waals surface area contributed by atoms with Crippen molar-refractivity contribution in [1.82, 2.24) is 10.3 Å². The Labute approximate surface area is 176 Å². The van der Waals surface area contributed by atoms with Gasteiger partial charge in [-0.2, -0.15) is 11.8 Å². The molecule has 154 valence electrons. The lowest BCUT2D eigenvalue weighted by molar-refractivity contribution is -0.125. The maximum absolute atomic E-state index is 12.6. The number of ether oxygens (including phenoxy) is 1. The summed E-state index contributed by atoms with van der Waals surface area (Å²) in [6.45, 7) is 7.37. The standard InChI is InChI=1S/C21H31N3O2S2/c1-3-12-27-13-6-10-22-20(25)16-7-5-11-24(15-16)21-23-18-9-8-17(26-4-2)14-19(18)28-21/h8-9,14,16H,3-7,10-13,15H2,1-2H3,(H,22,25). The smallest absolute Gasteiger partial charge is 0.224 e. The minimum atomic E-state index is 0.0584. The van der Waals surface area contributed by atoms with Crippen LogP contribution in [0.5, 0.6) is 5.75 Å². The SMILES string of the molecule is CCCSCCCNC(=O)C1CCCN(c2nc3ccc(OCC)cc3s2)C1. The van der Waals surface area contributed by atoms with Crippen LogP contribution in [-0.2, 0) is 4.79 Å². The molecule has 1 amide bonds. The first-order valence-corrected chi connectivity index (χ1v) is 12.3. The average molecular weight is 422 g/mol. The van der Waals surface area contributed by atoms with Crippen molar-refractivity contribution in [1.29, 1.82) is 0 Å². The van der Waals surface area contributed by atoms with Crippen molar-refractivity contribution in [2.45, 2.75) is 39.5 Å². The molecule has 2 heterocycles. The molecule has 0 radical (unpaired) electrons. The highest BCUT2D eigenvalue weighted by atomic mass is 32.2. The summed E-state index contributed by atoms with van der Waals surface area (Å²) in [6.07, 6.45) is 4.26. The molecule has 1 aliphatic heterocycles. The third-order valence-electron chi connectivity index (χ3n) is 4.84. The second-order valence-corrected chi connectivity index (χ2v) is 9.33. The normalized spacial score (nSPS) is 17.1. The van der Waals surface area contributed by atoms with E-state index in [0.29, 0.717) is 6.61 Å². The van der Waals surface area contributed by atoms with Gasteiger partial charge in [-0.3, -0.25) is 4.79 Å². The van der Waals surface area contributed by atoms with Crippen LogP contribution in [0.25, 0.3) is 10.2 Å². The number of hydrogen-bond donors (Lipinski definition) is 1. The number of amides is 1. The number of carbonyl (C=O) groups excluding carboxylic acids is 1. The van der Waals surface area contributed by atoms with Gasteiger partial charge in [0.2, 0.25) is 5.91 Å². The Morgan fingerprint density at radius 1 is 1.39 bits per heavy atom. The van der Waals surface area contributed by atoms with E-state index in [1.54, 1.807) is 11.3 Å². The van der Waals surface area contributed by atoms with E-state index < -0.39 is 0 Å². The summed E-state index contributed by atoms with van der Waals surface area (Å²) in [5.41, 5.74) is 1.000. The third kappa shape index (κ3) is 5.77. The van der Waals surface area contributed by atoms with Crippen LogP contribution >= 0.6 is 23.1 Å². The Kier molecular flexibility index (Phi) is 8.27. The zero-order chi connectivity index (χ0) is 19.8. The highest BCUT2D eigenvalue weighted by Gasteiger charge is 2.27. The Balaban J connectivity index is 1.54. The zero-order valence-corrected chi connectivity index (χ0v) is 18.5. The van der Waals surface area contributed by atoms with Crippen molar-refractivity contribution in [2.24, 2.45) is 5.92 Å². The summed E-state index contributed by atoms with van der Waals surface area (Å²) in [5.74, 6) is 3.48. The van der Waals surface area contributed by atoms with Crippen molar-refractivity contribution in [2.75, 3.05) is 42.6 Å². The molecular weight excluding hydrogens is 390 g/mol. The first-order chi connectivity index (χ1) is 13.7. The van der Waals surface area contributed by atoms with E-state index in [1.165, 1.54) is 12.2 Å². The van der Waals surface area contributed by atoms with Crippen LogP contribution in [0.4, 0.5) is 5.13 Å². The molecule has 1 aromatic heterocycles. The monoisotopic (exact) mass is 421 g/mol. The van der Waals surface area contributed by atoms with E-state index in [2.05, 4.69) is 23.2 Å². The van der Waals surface area contributed by atoms with Crippen LogP contribution in [-0.4, -0.2) is 48.6 Å². The van der Waals surface area contributed by atoms with Gasteiger partial charge in [-0.05, 0) is 62.3 Å². The van der Waals surface area contributed by atoms with Crippen molar-refractivity contribution in [3.05, 3.63) is 18.2 Å². The number of thioether (sulfide) groups is 1. The van der Waals surface area contributed by atoms with Gasteiger partial charge >= 0.3 is 0 Å². The first-order valence-electron chi connectivity index (χ1n) is 10.3. The second kappa shape index (κ2) is 10.9. The molecule has 1 saturated heterocycles. The van der Waals surface area contributed by atoms with E-state index in [4.69, 9.17) is 9.72 Å². The number of nitrogens with zero attached hydrogens (tertiary/aromatic N) is 2. The number of anilines is 1. The van der Waals surface area contributed by atoms with Gasteiger partial charge in [0.1, 0.15) is 5.75 Å². The summed E-state index contributed by atoms with van der Waals surface area (Å²) < 4.78 is 6.73. The Morgan fingerprint density at radius 3 is 3.11 bits per heavy atom. The molecule has 1 N–H and O–H groups in total. The quantitative estimate of drug-likeness (QED) is 0.570. The number of thiazole rings is 1. The van der Waals surface area contributed by atoms with Crippen LogP contribution in [0.1, 0.15) is 39.5 Å². The lowest BCUT2D eigenvalue weighted by Gasteiger charge is -2.31. The van der Waals surface area contributed by atoms with Crippen LogP contribution < -0.4 is 15.0 Å². The predicted octanol–water partition coefficient (Wildman–Crippen LogP) is 4.56. The Hall–Kier alpha value is -1.47. The number of carbonyl (C=O) groups is 1. The largest absolute Gasteiger partial charge is 0.494 e. The van der Waals surface area contributed by atoms with Crippen molar-refractivity contribution >= 4 is 44.4 Å². The fourth-order valence-corrected chi connectivity index (χ4v) is 5.30. The summed E-state index contributed by atoms with van der Waals surface area (Å²) in [6, 6.07) is 6.05. The second-order valence-electron chi connectivity index (χ2n) is 7.10. The van der Waals surface area contributed by atoms with E-state index >= 15 is 0 Å². The number of benzene rings is 1. The lowest BCUT2D eigenvalue weighted by atomic mass is 9.97. The van der Waals surface area contributed by atoms with Gasteiger partial charge in [0.05, 0.1) is 22.7 Å². The summed E-state index contributed by atoms with van der Waals surface area (Å²) in [4.78, 5) is 19.6. The maximum Gasteiger partial charge on any atom is 0.224 e. The fraction of sp³-hybridized carbons (Fsp3) is 0.619. The molecule has 1 atom stereocenters. The average Bonchev–Trinajstić information content (AvgIpc) is 3.14. The maximum atomic E-state index is 12.6. The van der Waals surface area contributed by atoms with Gasteiger partial charge in [-0.15, -0.1) is 0 Å². The molecular formula is C21H31N3O2S2. The first kappa shape index (κ1) is 21.2. The number of hydrogen-bond acceptors (Lipinski definition) is 6. The Bertz CT molecular complexity index is 765. The highest BCUT2D eigenvalue weighted by molar-refractivity contribution is 7.99. The van der Waals surface area contributed by atoms with Crippen LogP contribution in [0.15, 0.2) is 18.2 Å². The number of rotatable bonds is 10. The minimum absolute atomic E-state index is 0.0584. The summed E-state index contributed by atoms with van der Waals surface area (Å²) in [7, 11) is 0. The molecule has 0 saturated carbocycles. The van der Waals surface area contributed by atoms with Gasteiger partial charge in [0.15, 0.2) is 5.13 Å². The van der Waals surface area contributed by atoms with Crippen molar-refractivity contribution < 1.29 is 9.53 Å². The van der Waals surface area contributed by atoms with E-state index in [9.17, 15) is 4.79 Å². The van der Waals surface area contributed by atoms with Crippen molar-refractivity contribution in [3.8, 4) is 5.75 Å². The Morgan fingerprint density at radius 2 is 2.29 bits per heavy atom. The number of nitrogens with one attached hydrogen (secondary N) is 1. The molecule has 7 heteroatoms.